The summed E-state index contributed by atoms with van der Waals surface area (Å²) in [5, 5.41) is 3.19. The van der Waals surface area contributed by atoms with Gasteiger partial charge in [-0.15, -0.1) is 0 Å². The normalized spacial score (nSPS) is 25.2. The van der Waals surface area contributed by atoms with Gasteiger partial charge in [0.25, 0.3) is 0 Å². The molecule has 0 aromatic heterocycles. The fourth-order valence-electron chi connectivity index (χ4n) is 2.49. The maximum absolute atomic E-state index is 11.9. The van der Waals surface area contributed by atoms with Gasteiger partial charge in [0.2, 0.25) is 0 Å². The topological polar surface area (TPSA) is 49.4 Å². The van der Waals surface area contributed by atoms with E-state index in [2.05, 4.69) is 31.0 Å². The largest absolute Gasteiger partial charge is 0.313 e. The van der Waals surface area contributed by atoms with Crippen LogP contribution in [-0.2, 0) is 9.84 Å². The molecule has 0 saturated carbocycles. The second kappa shape index (κ2) is 7.86. The van der Waals surface area contributed by atoms with Crippen molar-refractivity contribution in [3.8, 4) is 0 Å². The number of thioether (sulfide) groups is 1. The Labute approximate surface area is 122 Å². The molecule has 0 amide bonds. The quantitative estimate of drug-likeness (QED) is 0.774. The first-order chi connectivity index (χ1) is 8.86. The van der Waals surface area contributed by atoms with Crippen molar-refractivity contribution in [3.63, 3.8) is 0 Å². The van der Waals surface area contributed by atoms with Crippen LogP contribution in [0.15, 0.2) is 0 Å². The van der Waals surface area contributed by atoms with Crippen LogP contribution < -0.4 is 5.32 Å². The Morgan fingerprint density at radius 2 is 2.11 bits per heavy atom. The summed E-state index contributed by atoms with van der Waals surface area (Å²) in [5.74, 6) is 1.73. The molecule has 0 radical (unpaired) electrons. The van der Waals surface area contributed by atoms with Crippen molar-refractivity contribution in [2.24, 2.45) is 0 Å². The number of sulfone groups is 1. The first-order valence-corrected chi connectivity index (χ1v) is 10.2. The van der Waals surface area contributed by atoms with Gasteiger partial charge in [-0.3, -0.25) is 4.90 Å². The van der Waals surface area contributed by atoms with Crippen LogP contribution in [0.5, 0.6) is 0 Å². The zero-order valence-electron chi connectivity index (χ0n) is 12.6. The summed E-state index contributed by atoms with van der Waals surface area (Å²) < 4.78 is 23.7. The summed E-state index contributed by atoms with van der Waals surface area (Å²) in [6.07, 6.45) is 3.70. The van der Waals surface area contributed by atoms with Crippen molar-refractivity contribution in [2.75, 3.05) is 30.9 Å². The molecule has 0 aromatic rings. The highest BCUT2D eigenvalue weighted by atomic mass is 32.2. The average molecular weight is 309 g/mol. The molecule has 3 unspecified atom stereocenters. The lowest BCUT2D eigenvalue weighted by molar-refractivity contribution is 0.197. The van der Waals surface area contributed by atoms with Gasteiger partial charge in [-0.2, -0.15) is 11.8 Å². The van der Waals surface area contributed by atoms with E-state index in [1.54, 1.807) is 11.8 Å². The minimum Gasteiger partial charge on any atom is -0.313 e. The second-order valence-electron chi connectivity index (χ2n) is 5.54. The van der Waals surface area contributed by atoms with Crippen molar-refractivity contribution in [3.05, 3.63) is 0 Å². The van der Waals surface area contributed by atoms with E-state index in [4.69, 9.17) is 0 Å². The van der Waals surface area contributed by atoms with Crippen molar-refractivity contribution < 1.29 is 8.42 Å². The molecule has 0 bridgehead atoms. The lowest BCUT2D eigenvalue weighted by Crippen LogP contribution is -2.54. The van der Waals surface area contributed by atoms with Crippen LogP contribution in [0.25, 0.3) is 0 Å². The lowest BCUT2D eigenvalue weighted by atomic mass is 10.2. The van der Waals surface area contributed by atoms with Gasteiger partial charge in [0.05, 0.1) is 0 Å². The predicted octanol–water partition coefficient (Wildman–Crippen LogP) is 1.57. The van der Waals surface area contributed by atoms with E-state index in [0.717, 1.165) is 25.3 Å². The van der Waals surface area contributed by atoms with E-state index in [9.17, 15) is 8.42 Å². The van der Waals surface area contributed by atoms with Crippen LogP contribution in [0, 0.1) is 0 Å². The molecule has 1 rings (SSSR count). The molecule has 0 aromatic carbocycles. The lowest BCUT2D eigenvalue weighted by Gasteiger charge is -2.38. The third kappa shape index (κ3) is 5.61. The molecule has 1 aliphatic rings. The highest BCUT2D eigenvalue weighted by Gasteiger charge is 2.33. The molecule has 1 N–H and O–H groups in total. The van der Waals surface area contributed by atoms with Gasteiger partial charge in [-0.25, -0.2) is 8.42 Å². The van der Waals surface area contributed by atoms with E-state index in [1.165, 1.54) is 12.7 Å². The molecule has 1 aliphatic heterocycles. The Morgan fingerprint density at radius 3 is 2.68 bits per heavy atom. The van der Waals surface area contributed by atoms with Gasteiger partial charge >= 0.3 is 0 Å². The van der Waals surface area contributed by atoms with E-state index in [0.29, 0.717) is 11.8 Å². The van der Waals surface area contributed by atoms with E-state index >= 15 is 0 Å². The minimum absolute atomic E-state index is 0.264. The van der Waals surface area contributed by atoms with Crippen molar-refractivity contribution in [1.82, 2.24) is 10.2 Å². The standard InChI is InChI=1S/C13H28N2O2S2/c1-5-6-11(2)14-9-12(3)15-7-8-18-10-13(15)19(4,16)17/h11-14H,5-10H2,1-4H3. The van der Waals surface area contributed by atoms with Crippen LogP contribution in [-0.4, -0.2) is 61.6 Å². The average Bonchev–Trinajstić information content (AvgIpc) is 2.35. The van der Waals surface area contributed by atoms with Crippen molar-refractivity contribution in [2.45, 2.75) is 51.1 Å². The fourth-order valence-corrected chi connectivity index (χ4v) is 5.47. The Hall–Kier alpha value is 0.220. The number of hydrogen-bond donors (Lipinski definition) is 1. The zero-order valence-corrected chi connectivity index (χ0v) is 14.2. The Kier molecular flexibility index (Phi) is 7.14. The number of nitrogens with one attached hydrogen (secondary N) is 1. The van der Waals surface area contributed by atoms with E-state index in [-0.39, 0.29) is 11.4 Å². The van der Waals surface area contributed by atoms with Gasteiger partial charge in [0.1, 0.15) is 5.37 Å². The van der Waals surface area contributed by atoms with Gasteiger partial charge in [0.15, 0.2) is 9.84 Å². The van der Waals surface area contributed by atoms with Crippen LogP contribution >= 0.6 is 11.8 Å². The van der Waals surface area contributed by atoms with Gasteiger partial charge in [0, 0.05) is 42.9 Å². The van der Waals surface area contributed by atoms with Crippen LogP contribution in [0.2, 0.25) is 0 Å². The third-order valence-corrected chi connectivity index (χ3v) is 6.33. The van der Waals surface area contributed by atoms with Crippen LogP contribution in [0.1, 0.15) is 33.6 Å². The maximum atomic E-state index is 11.9. The first kappa shape index (κ1) is 17.3. The minimum atomic E-state index is -2.99. The smallest absolute Gasteiger partial charge is 0.164 e. The molecule has 1 saturated heterocycles. The number of rotatable bonds is 7. The Bertz CT molecular complexity index is 360. The SMILES string of the molecule is CCCC(C)NCC(C)N1CCSCC1S(C)(=O)=O. The summed E-state index contributed by atoms with van der Waals surface area (Å²) >= 11 is 1.74. The Morgan fingerprint density at radius 1 is 1.42 bits per heavy atom. The molecule has 6 heteroatoms. The van der Waals surface area contributed by atoms with Crippen molar-refractivity contribution in [1.29, 1.82) is 0 Å². The van der Waals surface area contributed by atoms with E-state index in [1.807, 2.05) is 0 Å². The highest BCUT2D eigenvalue weighted by Crippen LogP contribution is 2.22. The van der Waals surface area contributed by atoms with Crippen LogP contribution in [0.4, 0.5) is 0 Å². The molecular formula is C13H28N2O2S2. The van der Waals surface area contributed by atoms with Gasteiger partial charge in [-0.05, 0) is 20.3 Å². The summed E-state index contributed by atoms with van der Waals surface area (Å²) in [5.41, 5.74) is 0. The Balaban J connectivity index is 2.55. The predicted molar refractivity (Wildman–Crippen MR) is 84.5 cm³/mol. The molecule has 0 spiro atoms. The molecule has 0 aliphatic carbocycles. The summed E-state index contributed by atoms with van der Waals surface area (Å²) in [6.45, 7) is 8.23. The van der Waals surface area contributed by atoms with Gasteiger partial charge < -0.3 is 5.32 Å². The molecule has 114 valence electrons. The fraction of sp³-hybridized carbons (Fsp3) is 1.00. The molecule has 19 heavy (non-hydrogen) atoms. The van der Waals surface area contributed by atoms with Gasteiger partial charge in [-0.1, -0.05) is 13.3 Å². The van der Waals surface area contributed by atoms with E-state index < -0.39 is 9.84 Å². The highest BCUT2D eigenvalue weighted by molar-refractivity contribution is 8.00. The molecule has 4 nitrogen and oxygen atoms in total. The second-order valence-corrected chi connectivity index (χ2v) is 8.90. The number of nitrogens with zero attached hydrogens (tertiary/aromatic N) is 1. The van der Waals surface area contributed by atoms with Crippen LogP contribution in [0.3, 0.4) is 0 Å². The third-order valence-electron chi connectivity index (χ3n) is 3.67. The number of hydrogen-bond acceptors (Lipinski definition) is 5. The molecule has 3 atom stereocenters. The summed E-state index contributed by atoms with van der Waals surface area (Å²) in [4.78, 5) is 2.15. The van der Waals surface area contributed by atoms with Crippen molar-refractivity contribution >= 4 is 21.6 Å². The first-order valence-electron chi connectivity index (χ1n) is 7.12. The molecular weight excluding hydrogens is 280 g/mol. The summed E-state index contributed by atoms with van der Waals surface area (Å²) in [6, 6.07) is 0.767. The zero-order chi connectivity index (χ0) is 14.5. The molecule has 1 fully saturated rings. The monoisotopic (exact) mass is 308 g/mol. The maximum Gasteiger partial charge on any atom is 0.164 e. The molecule has 1 heterocycles. The summed E-state index contributed by atoms with van der Waals surface area (Å²) in [7, 11) is -2.99.